The van der Waals surface area contributed by atoms with Crippen LogP contribution in [0.15, 0.2) is 87.8 Å². The molecule has 8 heteroatoms. The summed E-state index contributed by atoms with van der Waals surface area (Å²) in [5.74, 6) is -0.622. The van der Waals surface area contributed by atoms with Gasteiger partial charge in [0.1, 0.15) is 11.7 Å². The van der Waals surface area contributed by atoms with E-state index in [0.29, 0.717) is 24.4 Å². The van der Waals surface area contributed by atoms with E-state index in [1.54, 1.807) is 17.8 Å². The van der Waals surface area contributed by atoms with Gasteiger partial charge < -0.3 is 10.6 Å². The Morgan fingerprint density at radius 3 is 2.36 bits per heavy atom. The lowest BCUT2D eigenvalue weighted by Gasteiger charge is -2.18. The van der Waals surface area contributed by atoms with Crippen LogP contribution < -0.4 is 10.6 Å². The first-order chi connectivity index (χ1) is 17.3. The molecule has 0 aliphatic rings. The van der Waals surface area contributed by atoms with E-state index in [1.807, 2.05) is 79.7 Å². The lowest BCUT2D eigenvalue weighted by Crippen LogP contribution is -2.47. The Morgan fingerprint density at radius 1 is 0.917 bits per heavy atom. The molecule has 4 aromatic rings. The van der Waals surface area contributed by atoms with Crippen molar-refractivity contribution in [1.29, 1.82) is 0 Å². The normalized spacial score (nSPS) is 11.7. The molecule has 0 bridgehead atoms. The van der Waals surface area contributed by atoms with Gasteiger partial charge in [0, 0.05) is 28.0 Å². The zero-order valence-corrected chi connectivity index (χ0v) is 23.1. The third-order valence-corrected chi connectivity index (χ3v) is 6.79. The number of amides is 2. The van der Waals surface area contributed by atoms with Crippen molar-refractivity contribution < 1.29 is 9.59 Å². The third-order valence-electron chi connectivity index (χ3n) is 5.77. The summed E-state index contributed by atoms with van der Waals surface area (Å²) in [4.78, 5) is 26.2. The molecule has 1 unspecified atom stereocenters. The molecule has 0 aliphatic carbocycles. The van der Waals surface area contributed by atoms with E-state index in [1.165, 1.54) is 0 Å². The first kappa shape index (κ1) is 25.9. The number of nitrogens with one attached hydrogen (secondary N) is 2. The van der Waals surface area contributed by atoms with Crippen LogP contribution in [-0.2, 0) is 17.8 Å². The van der Waals surface area contributed by atoms with E-state index >= 15 is 0 Å². The van der Waals surface area contributed by atoms with Gasteiger partial charge in [0.05, 0.1) is 12.2 Å². The minimum Gasteiger partial charge on any atom is -0.357 e. The molecule has 0 fully saturated rings. The summed E-state index contributed by atoms with van der Waals surface area (Å²) in [5.41, 5.74) is 5.05. The van der Waals surface area contributed by atoms with Crippen molar-refractivity contribution in [3.8, 4) is 11.3 Å². The second-order valence-electron chi connectivity index (χ2n) is 8.54. The summed E-state index contributed by atoms with van der Waals surface area (Å²) in [6.45, 7) is 2.43. The van der Waals surface area contributed by atoms with Gasteiger partial charge in [-0.15, -0.1) is 0 Å². The van der Waals surface area contributed by atoms with Crippen LogP contribution in [0.25, 0.3) is 11.3 Å². The molecule has 0 saturated heterocycles. The molecular formula is C28H26Br2N4O2. The molecular weight excluding hydrogens is 584 g/mol. The SMILES string of the molecule is CNC(=O)C(Cc1cccc(Br)c1)NC(=O)c1cc(-c2cccc(C)c2)nn1Cc1ccc(Br)cc1. The second-order valence-corrected chi connectivity index (χ2v) is 10.4. The topological polar surface area (TPSA) is 76.0 Å². The Kier molecular flexibility index (Phi) is 8.38. The number of halogens is 2. The molecule has 0 radical (unpaired) electrons. The third kappa shape index (κ3) is 6.50. The fourth-order valence-corrected chi connectivity index (χ4v) is 4.65. The van der Waals surface area contributed by atoms with Gasteiger partial charge in [-0.3, -0.25) is 14.3 Å². The molecule has 6 nitrogen and oxygen atoms in total. The van der Waals surface area contributed by atoms with Crippen molar-refractivity contribution in [2.75, 3.05) is 7.05 Å². The molecule has 36 heavy (non-hydrogen) atoms. The number of carbonyl (C=O) groups is 2. The summed E-state index contributed by atoms with van der Waals surface area (Å²) in [5, 5.41) is 10.4. The van der Waals surface area contributed by atoms with Gasteiger partial charge in [0.2, 0.25) is 5.91 Å². The van der Waals surface area contributed by atoms with Crippen molar-refractivity contribution in [2.45, 2.75) is 25.9 Å². The van der Waals surface area contributed by atoms with Crippen LogP contribution in [0.1, 0.15) is 27.2 Å². The highest BCUT2D eigenvalue weighted by molar-refractivity contribution is 9.10. The van der Waals surface area contributed by atoms with Gasteiger partial charge in [-0.25, -0.2) is 0 Å². The number of benzene rings is 3. The predicted molar refractivity (Wildman–Crippen MR) is 149 cm³/mol. The van der Waals surface area contributed by atoms with Gasteiger partial charge in [-0.1, -0.05) is 79.9 Å². The fourth-order valence-electron chi connectivity index (χ4n) is 3.94. The number of likely N-dealkylation sites (N-methyl/N-ethyl adjacent to an activating group) is 1. The van der Waals surface area contributed by atoms with E-state index in [4.69, 9.17) is 5.10 Å². The van der Waals surface area contributed by atoms with Crippen LogP contribution in [0.3, 0.4) is 0 Å². The number of aromatic nitrogens is 2. The summed E-state index contributed by atoms with van der Waals surface area (Å²) in [6, 6.07) is 24.6. The Bertz CT molecular complexity index is 1380. The smallest absolute Gasteiger partial charge is 0.270 e. The highest BCUT2D eigenvalue weighted by Crippen LogP contribution is 2.22. The van der Waals surface area contributed by atoms with Crippen LogP contribution in [0.2, 0.25) is 0 Å². The maximum atomic E-state index is 13.5. The number of rotatable bonds is 8. The minimum absolute atomic E-state index is 0.263. The van der Waals surface area contributed by atoms with E-state index in [-0.39, 0.29) is 11.8 Å². The molecule has 0 saturated carbocycles. The van der Waals surface area contributed by atoms with Gasteiger partial charge in [-0.2, -0.15) is 5.10 Å². The Labute approximate surface area is 227 Å². The largest absolute Gasteiger partial charge is 0.357 e. The molecule has 1 heterocycles. The van der Waals surface area contributed by atoms with Crippen LogP contribution >= 0.6 is 31.9 Å². The average Bonchev–Trinajstić information content (AvgIpc) is 3.28. The predicted octanol–water partition coefficient (Wildman–Crippen LogP) is 5.52. The highest BCUT2D eigenvalue weighted by atomic mass is 79.9. The lowest BCUT2D eigenvalue weighted by atomic mass is 10.0. The van der Waals surface area contributed by atoms with Crippen molar-refractivity contribution >= 4 is 43.7 Å². The maximum absolute atomic E-state index is 13.5. The molecule has 184 valence electrons. The molecule has 3 aromatic carbocycles. The standard InChI is InChI=1S/C28H26Br2N4O2/c1-18-5-3-7-21(13-18)24-16-26(34(33-24)17-19-9-11-22(29)12-10-19)28(36)32-25(27(35)31-2)15-20-6-4-8-23(30)14-20/h3-14,16,25H,15,17H2,1-2H3,(H,31,35)(H,32,36). The number of hydrogen-bond donors (Lipinski definition) is 2. The van der Waals surface area contributed by atoms with Crippen LogP contribution in [0.4, 0.5) is 0 Å². The van der Waals surface area contributed by atoms with Gasteiger partial charge >= 0.3 is 0 Å². The summed E-state index contributed by atoms with van der Waals surface area (Å²) in [6.07, 6.45) is 0.358. The van der Waals surface area contributed by atoms with Gasteiger partial charge in [0.15, 0.2) is 0 Å². The van der Waals surface area contributed by atoms with Crippen LogP contribution in [0, 0.1) is 6.92 Å². The quantitative estimate of drug-likeness (QED) is 0.276. The lowest BCUT2D eigenvalue weighted by molar-refractivity contribution is -0.122. The number of hydrogen-bond acceptors (Lipinski definition) is 3. The molecule has 2 amide bonds. The van der Waals surface area contributed by atoms with Gasteiger partial charge in [0.25, 0.3) is 5.91 Å². The van der Waals surface area contributed by atoms with Crippen LogP contribution in [0.5, 0.6) is 0 Å². The Morgan fingerprint density at radius 2 is 1.67 bits per heavy atom. The van der Waals surface area contributed by atoms with Crippen molar-refractivity contribution in [1.82, 2.24) is 20.4 Å². The zero-order chi connectivity index (χ0) is 25.7. The molecule has 2 N–H and O–H groups in total. The van der Waals surface area contributed by atoms with Gasteiger partial charge in [-0.05, 0) is 54.4 Å². The van der Waals surface area contributed by atoms with Crippen molar-refractivity contribution in [3.63, 3.8) is 0 Å². The monoisotopic (exact) mass is 608 g/mol. The Balaban J connectivity index is 1.66. The summed E-state index contributed by atoms with van der Waals surface area (Å²) in [7, 11) is 1.57. The maximum Gasteiger partial charge on any atom is 0.270 e. The molecule has 0 aliphatic heterocycles. The molecule has 1 aromatic heterocycles. The zero-order valence-electron chi connectivity index (χ0n) is 20.0. The van der Waals surface area contributed by atoms with E-state index in [9.17, 15) is 9.59 Å². The van der Waals surface area contributed by atoms with Crippen molar-refractivity contribution in [2.24, 2.45) is 0 Å². The second kappa shape index (κ2) is 11.7. The summed E-state index contributed by atoms with van der Waals surface area (Å²) >= 11 is 6.93. The number of nitrogens with zero attached hydrogens (tertiary/aromatic N) is 2. The van der Waals surface area contributed by atoms with E-state index < -0.39 is 6.04 Å². The van der Waals surface area contributed by atoms with Crippen LogP contribution in [-0.4, -0.2) is 34.7 Å². The fraction of sp³-hybridized carbons (Fsp3) is 0.179. The molecule has 4 rings (SSSR count). The highest BCUT2D eigenvalue weighted by Gasteiger charge is 2.24. The summed E-state index contributed by atoms with van der Waals surface area (Å²) < 4.78 is 3.58. The average molecular weight is 610 g/mol. The van der Waals surface area contributed by atoms with E-state index in [2.05, 4.69) is 42.5 Å². The number of carbonyl (C=O) groups excluding carboxylic acids is 2. The minimum atomic E-state index is -0.741. The van der Waals surface area contributed by atoms with E-state index in [0.717, 1.165) is 31.2 Å². The first-order valence-electron chi connectivity index (χ1n) is 11.5. The molecule has 1 atom stereocenters. The molecule has 0 spiro atoms. The Hall–Kier alpha value is -3.23. The first-order valence-corrected chi connectivity index (χ1v) is 13.1. The van der Waals surface area contributed by atoms with Crippen molar-refractivity contribution in [3.05, 3.63) is 110 Å². The number of aryl methyl sites for hydroxylation is 1.